The van der Waals surface area contributed by atoms with Crippen molar-refractivity contribution >= 4 is 17.7 Å². The molecule has 0 bridgehead atoms. The quantitative estimate of drug-likeness (QED) is 0.806. The first-order chi connectivity index (χ1) is 12.3. The minimum atomic E-state index is 0.255. The van der Waals surface area contributed by atoms with E-state index in [-0.39, 0.29) is 5.91 Å². The molecule has 1 aromatic carbocycles. The first-order valence-electron chi connectivity index (χ1n) is 9.57. The van der Waals surface area contributed by atoms with Crippen LogP contribution < -0.4 is 4.74 Å². The molecule has 0 aliphatic carbocycles. The van der Waals surface area contributed by atoms with E-state index in [1.54, 1.807) is 0 Å². The number of thioether (sulfide) groups is 1. The monoisotopic (exact) mass is 362 g/mol. The maximum atomic E-state index is 12.7. The number of amides is 1. The van der Waals surface area contributed by atoms with Crippen LogP contribution in [0.25, 0.3) is 0 Å². The van der Waals surface area contributed by atoms with E-state index in [0.717, 1.165) is 50.0 Å². The average molecular weight is 363 g/mol. The molecule has 1 amide bonds. The predicted molar refractivity (Wildman–Crippen MR) is 104 cm³/mol. The van der Waals surface area contributed by atoms with Crippen LogP contribution in [0.1, 0.15) is 31.7 Å². The Kier molecular flexibility index (Phi) is 7.05. The standard InChI is InChI=1S/C20H30N2O2S/c1-2-24-19-6-4-17(5-7-19)16-20(23)22-11-3-10-21(12-13-22)18-8-14-25-15-9-18/h4-7,18H,2-3,8-16H2,1H3. The molecular weight excluding hydrogens is 332 g/mol. The van der Waals surface area contributed by atoms with Gasteiger partial charge in [-0.25, -0.2) is 0 Å². The fourth-order valence-electron chi connectivity index (χ4n) is 3.76. The highest BCUT2D eigenvalue weighted by Crippen LogP contribution is 2.23. The van der Waals surface area contributed by atoms with Crippen molar-refractivity contribution in [2.45, 2.75) is 38.6 Å². The van der Waals surface area contributed by atoms with Crippen molar-refractivity contribution in [2.24, 2.45) is 0 Å². The lowest BCUT2D eigenvalue weighted by atomic mass is 10.1. The molecule has 0 unspecified atom stereocenters. The zero-order valence-electron chi connectivity index (χ0n) is 15.3. The third-order valence-corrected chi connectivity index (χ3v) is 6.23. The molecule has 2 heterocycles. The van der Waals surface area contributed by atoms with Gasteiger partial charge in [0.1, 0.15) is 5.75 Å². The summed E-state index contributed by atoms with van der Waals surface area (Å²) in [6, 6.07) is 8.66. The van der Waals surface area contributed by atoms with Crippen LogP contribution in [-0.4, -0.2) is 66.0 Å². The van der Waals surface area contributed by atoms with E-state index in [2.05, 4.69) is 21.6 Å². The summed E-state index contributed by atoms with van der Waals surface area (Å²) < 4.78 is 5.47. The molecular formula is C20H30N2O2S. The number of nitrogens with zero attached hydrogens (tertiary/aromatic N) is 2. The summed E-state index contributed by atoms with van der Waals surface area (Å²) in [7, 11) is 0. The molecule has 0 radical (unpaired) electrons. The van der Waals surface area contributed by atoms with Gasteiger partial charge in [-0.2, -0.15) is 11.8 Å². The SMILES string of the molecule is CCOc1ccc(CC(=O)N2CCCN(C3CCSCC3)CC2)cc1. The molecule has 0 atom stereocenters. The molecule has 0 saturated carbocycles. The molecule has 25 heavy (non-hydrogen) atoms. The zero-order valence-corrected chi connectivity index (χ0v) is 16.1. The molecule has 3 rings (SSSR count). The second-order valence-electron chi connectivity index (χ2n) is 6.87. The van der Waals surface area contributed by atoms with Crippen LogP contribution in [-0.2, 0) is 11.2 Å². The van der Waals surface area contributed by atoms with E-state index in [1.807, 2.05) is 31.2 Å². The highest BCUT2D eigenvalue weighted by molar-refractivity contribution is 7.99. The van der Waals surface area contributed by atoms with Gasteiger partial charge in [0.2, 0.25) is 5.91 Å². The molecule has 2 aliphatic rings. The predicted octanol–water partition coefficient (Wildman–Crippen LogP) is 3.06. The van der Waals surface area contributed by atoms with Crippen molar-refractivity contribution in [1.82, 2.24) is 9.80 Å². The number of carbonyl (C=O) groups excluding carboxylic acids is 1. The summed E-state index contributed by atoms with van der Waals surface area (Å²) in [4.78, 5) is 17.4. The Morgan fingerprint density at radius 1 is 1.12 bits per heavy atom. The van der Waals surface area contributed by atoms with Gasteiger partial charge in [-0.05, 0) is 55.4 Å². The van der Waals surface area contributed by atoms with Crippen molar-refractivity contribution in [1.29, 1.82) is 0 Å². The van der Waals surface area contributed by atoms with Crippen molar-refractivity contribution in [3.8, 4) is 5.75 Å². The van der Waals surface area contributed by atoms with E-state index >= 15 is 0 Å². The lowest BCUT2D eigenvalue weighted by molar-refractivity contribution is -0.130. The van der Waals surface area contributed by atoms with Gasteiger partial charge in [-0.1, -0.05) is 12.1 Å². The Bertz CT molecular complexity index is 543. The van der Waals surface area contributed by atoms with Gasteiger partial charge in [0.05, 0.1) is 13.0 Å². The molecule has 5 heteroatoms. The molecule has 0 N–H and O–H groups in total. The third-order valence-electron chi connectivity index (χ3n) is 5.18. The fourth-order valence-corrected chi connectivity index (χ4v) is 4.84. The zero-order chi connectivity index (χ0) is 17.5. The van der Waals surface area contributed by atoms with Crippen LogP contribution in [0.15, 0.2) is 24.3 Å². The van der Waals surface area contributed by atoms with Crippen LogP contribution in [0.2, 0.25) is 0 Å². The average Bonchev–Trinajstić information content (AvgIpc) is 2.91. The van der Waals surface area contributed by atoms with Gasteiger partial charge < -0.3 is 9.64 Å². The van der Waals surface area contributed by atoms with E-state index in [4.69, 9.17) is 4.74 Å². The molecule has 2 saturated heterocycles. The maximum Gasteiger partial charge on any atom is 0.227 e. The number of rotatable bonds is 5. The second-order valence-corrected chi connectivity index (χ2v) is 8.09. The highest BCUT2D eigenvalue weighted by Gasteiger charge is 2.25. The smallest absolute Gasteiger partial charge is 0.227 e. The number of carbonyl (C=O) groups is 1. The Morgan fingerprint density at radius 2 is 1.88 bits per heavy atom. The van der Waals surface area contributed by atoms with E-state index in [1.165, 1.54) is 24.3 Å². The summed E-state index contributed by atoms with van der Waals surface area (Å²) in [5.41, 5.74) is 1.07. The van der Waals surface area contributed by atoms with Crippen LogP contribution >= 0.6 is 11.8 Å². The van der Waals surface area contributed by atoms with Gasteiger partial charge in [0.15, 0.2) is 0 Å². The van der Waals surface area contributed by atoms with E-state index in [9.17, 15) is 4.79 Å². The first-order valence-corrected chi connectivity index (χ1v) is 10.7. The maximum absolute atomic E-state index is 12.7. The summed E-state index contributed by atoms with van der Waals surface area (Å²) in [5, 5.41) is 0. The molecule has 2 aliphatic heterocycles. The largest absolute Gasteiger partial charge is 0.494 e. The Labute approximate surface area is 155 Å². The first kappa shape index (κ1) is 18.6. The summed E-state index contributed by atoms with van der Waals surface area (Å²) >= 11 is 2.08. The van der Waals surface area contributed by atoms with Crippen LogP contribution in [0, 0.1) is 0 Å². The van der Waals surface area contributed by atoms with Crippen LogP contribution in [0.4, 0.5) is 0 Å². The van der Waals surface area contributed by atoms with Gasteiger partial charge in [0, 0.05) is 32.2 Å². The number of hydrogen-bond donors (Lipinski definition) is 0. The minimum absolute atomic E-state index is 0.255. The van der Waals surface area contributed by atoms with Gasteiger partial charge in [0.25, 0.3) is 0 Å². The Balaban J connectivity index is 1.50. The molecule has 1 aromatic rings. The normalized spacial score (nSPS) is 20.3. The van der Waals surface area contributed by atoms with E-state index in [0.29, 0.717) is 13.0 Å². The molecule has 4 nitrogen and oxygen atoms in total. The fraction of sp³-hybridized carbons (Fsp3) is 0.650. The lowest BCUT2D eigenvalue weighted by Gasteiger charge is -2.33. The molecule has 138 valence electrons. The van der Waals surface area contributed by atoms with Crippen molar-refractivity contribution < 1.29 is 9.53 Å². The van der Waals surface area contributed by atoms with Crippen LogP contribution in [0.3, 0.4) is 0 Å². The molecule has 2 fully saturated rings. The van der Waals surface area contributed by atoms with Gasteiger partial charge >= 0.3 is 0 Å². The third kappa shape index (κ3) is 5.38. The summed E-state index contributed by atoms with van der Waals surface area (Å²) in [6.07, 6.45) is 4.21. The van der Waals surface area contributed by atoms with Crippen molar-refractivity contribution in [3.05, 3.63) is 29.8 Å². The lowest BCUT2D eigenvalue weighted by Crippen LogP contribution is -2.41. The molecule has 0 aromatic heterocycles. The van der Waals surface area contributed by atoms with Crippen molar-refractivity contribution in [2.75, 3.05) is 44.3 Å². The number of benzene rings is 1. The summed E-state index contributed by atoms with van der Waals surface area (Å²) in [5.74, 6) is 3.71. The topological polar surface area (TPSA) is 32.8 Å². The molecule has 0 spiro atoms. The summed E-state index contributed by atoms with van der Waals surface area (Å²) in [6.45, 7) is 6.59. The van der Waals surface area contributed by atoms with E-state index < -0.39 is 0 Å². The van der Waals surface area contributed by atoms with Crippen LogP contribution in [0.5, 0.6) is 5.75 Å². The number of ether oxygens (including phenoxy) is 1. The van der Waals surface area contributed by atoms with Crippen molar-refractivity contribution in [3.63, 3.8) is 0 Å². The van der Waals surface area contributed by atoms with Gasteiger partial charge in [-0.3, -0.25) is 9.69 Å². The number of hydrogen-bond acceptors (Lipinski definition) is 4. The minimum Gasteiger partial charge on any atom is -0.494 e. The highest BCUT2D eigenvalue weighted by atomic mass is 32.2. The van der Waals surface area contributed by atoms with Gasteiger partial charge in [-0.15, -0.1) is 0 Å². The Hall–Kier alpha value is -1.20. The Morgan fingerprint density at radius 3 is 2.60 bits per heavy atom. The second kappa shape index (κ2) is 9.48.